The highest BCUT2D eigenvalue weighted by molar-refractivity contribution is 7.90. The summed E-state index contributed by atoms with van der Waals surface area (Å²) in [6.45, 7) is 0. The first kappa shape index (κ1) is 21.0. The lowest BCUT2D eigenvalue weighted by atomic mass is 10.0. The van der Waals surface area contributed by atoms with E-state index in [2.05, 4.69) is 5.10 Å². The highest BCUT2D eigenvalue weighted by atomic mass is 35.5. The van der Waals surface area contributed by atoms with Gasteiger partial charge in [-0.2, -0.15) is 17.6 Å². The molecule has 0 N–H and O–H groups in total. The molecule has 1 aromatic heterocycles. The van der Waals surface area contributed by atoms with Gasteiger partial charge in [0.15, 0.2) is 5.78 Å². The molecular formula is C22H16ClFN2O4S. The van der Waals surface area contributed by atoms with Crippen LogP contribution in [0.3, 0.4) is 0 Å². The Morgan fingerprint density at radius 2 is 1.90 bits per heavy atom. The van der Waals surface area contributed by atoms with Crippen molar-refractivity contribution >= 4 is 38.3 Å². The Balaban J connectivity index is 1.74. The number of rotatable bonds is 6. The standard InChI is InChI=1S/C22H16ClFN2O4S/c1-30-16-4-2-5-17(12-16)31(28,29)26-20-10-14(8-9-15(20)13-25-26)11-21(27)22-18(23)6-3-7-19(22)24/h2-10,12-13H,11H2,1H3. The molecule has 0 saturated carbocycles. The average molecular weight is 459 g/mol. The van der Waals surface area contributed by atoms with Crippen molar-refractivity contribution in [2.75, 3.05) is 7.11 Å². The molecule has 31 heavy (non-hydrogen) atoms. The van der Waals surface area contributed by atoms with Gasteiger partial charge in [-0.1, -0.05) is 35.9 Å². The Labute approximate surface area is 182 Å². The van der Waals surface area contributed by atoms with Gasteiger partial charge in [-0.15, -0.1) is 0 Å². The Morgan fingerprint density at radius 1 is 1.13 bits per heavy atom. The largest absolute Gasteiger partial charge is 0.497 e. The van der Waals surface area contributed by atoms with Gasteiger partial charge in [-0.25, -0.2) is 4.39 Å². The van der Waals surface area contributed by atoms with E-state index in [4.69, 9.17) is 16.3 Å². The Morgan fingerprint density at radius 3 is 2.65 bits per heavy atom. The van der Waals surface area contributed by atoms with Crippen molar-refractivity contribution in [1.82, 2.24) is 9.19 Å². The molecule has 0 aliphatic heterocycles. The lowest BCUT2D eigenvalue weighted by molar-refractivity contribution is 0.0989. The Kier molecular flexibility index (Phi) is 5.51. The third kappa shape index (κ3) is 3.92. The fourth-order valence-corrected chi connectivity index (χ4v) is 4.81. The third-order valence-corrected chi connectivity index (χ3v) is 6.69. The number of carbonyl (C=O) groups excluding carboxylic acids is 1. The second kappa shape index (κ2) is 8.13. The van der Waals surface area contributed by atoms with Gasteiger partial charge in [0.05, 0.1) is 34.3 Å². The van der Waals surface area contributed by atoms with Crippen LogP contribution < -0.4 is 4.74 Å². The van der Waals surface area contributed by atoms with E-state index < -0.39 is 21.6 Å². The zero-order valence-corrected chi connectivity index (χ0v) is 17.8. The molecule has 9 heteroatoms. The smallest absolute Gasteiger partial charge is 0.283 e. The maximum Gasteiger partial charge on any atom is 0.283 e. The molecule has 0 saturated heterocycles. The van der Waals surface area contributed by atoms with E-state index in [1.807, 2.05) is 0 Å². The first-order chi connectivity index (χ1) is 14.8. The van der Waals surface area contributed by atoms with Crippen molar-refractivity contribution in [1.29, 1.82) is 0 Å². The third-order valence-electron chi connectivity index (χ3n) is 4.78. The van der Waals surface area contributed by atoms with Gasteiger partial charge in [0.2, 0.25) is 0 Å². The van der Waals surface area contributed by atoms with E-state index in [1.54, 1.807) is 30.3 Å². The molecule has 0 radical (unpaired) electrons. The molecule has 0 aliphatic rings. The zero-order chi connectivity index (χ0) is 22.2. The zero-order valence-electron chi connectivity index (χ0n) is 16.2. The fourth-order valence-electron chi connectivity index (χ4n) is 3.24. The van der Waals surface area contributed by atoms with E-state index in [-0.39, 0.29) is 21.9 Å². The van der Waals surface area contributed by atoms with Crippen LogP contribution in [0.4, 0.5) is 4.39 Å². The van der Waals surface area contributed by atoms with Gasteiger partial charge in [0, 0.05) is 17.9 Å². The highest BCUT2D eigenvalue weighted by Crippen LogP contribution is 2.25. The van der Waals surface area contributed by atoms with E-state index in [0.717, 1.165) is 10.2 Å². The summed E-state index contributed by atoms with van der Waals surface area (Å²) in [5, 5.41) is 4.63. The highest BCUT2D eigenvalue weighted by Gasteiger charge is 2.22. The number of halogens is 2. The van der Waals surface area contributed by atoms with Crippen molar-refractivity contribution in [2.24, 2.45) is 0 Å². The first-order valence-corrected chi connectivity index (χ1v) is 11.0. The van der Waals surface area contributed by atoms with Gasteiger partial charge in [0.25, 0.3) is 10.0 Å². The summed E-state index contributed by atoms with van der Waals surface area (Å²) in [6.07, 6.45) is 1.27. The lowest BCUT2D eigenvalue weighted by Gasteiger charge is -2.09. The first-order valence-electron chi connectivity index (χ1n) is 9.15. The summed E-state index contributed by atoms with van der Waals surface area (Å²) in [5.41, 5.74) is 0.605. The van der Waals surface area contributed by atoms with Gasteiger partial charge in [0.1, 0.15) is 11.6 Å². The molecule has 0 unspecified atom stereocenters. The van der Waals surface area contributed by atoms with Crippen LogP contribution in [0.2, 0.25) is 5.02 Å². The minimum Gasteiger partial charge on any atom is -0.497 e. The number of hydrogen-bond donors (Lipinski definition) is 0. The van der Waals surface area contributed by atoms with E-state index in [9.17, 15) is 17.6 Å². The predicted octanol–water partition coefficient (Wildman–Crippen LogP) is 4.50. The van der Waals surface area contributed by atoms with Crippen molar-refractivity contribution in [3.8, 4) is 5.75 Å². The number of ketones is 1. The molecule has 158 valence electrons. The Hall–Kier alpha value is -3.23. The summed E-state index contributed by atoms with van der Waals surface area (Å²) in [6, 6.07) is 14.9. The summed E-state index contributed by atoms with van der Waals surface area (Å²) in [4.78, 5) is 12.6. The van der Waals surface area contributed by atoms with Crippen LogP contribution in [0.1, 0.15) is 15.9 Å². The van der Waals surface area contributed by atoms with Crippen molar-refractivity contribution < 1.29 is 22.3 Å². The molecule has 3 aromatic carbocycles. The van der Waals surface area contributed by atoms with Crippen molar-refractivity contribution in [2.45, 2.75) is 11.3 Å². The number of carbonyl (C=O) groups is 1. The van der Waals surface area contributed by atoms with Crippen LogP contribution in [0, 0.1) is 5.82 Å². The van der Waals surface area contributed by atoms with Crippen LogP contribution in [0.15, 0.2) is 71.8 Å². The monoisotopic (exact) mass is 458 g/mol. The predicted molar refractivity (Wildman–Crippen MR) is 115 cm³/mol. The van der Waals surface area contributed by atoms with Gasteiger partial charge in [-0.3, -0.25) is 4.79 Å². The molecule has 6 nitrogen and oxygen atoms in total. The Bertz CT molecular complexity index is 1400. The minimum absolute atomic E-state index is 0.0106. The average Bonchev–Trinajstić information content (AvgIpc) is 3.18. The van der Waals surface area contributed by atoms with Crippen LogP contribution >= 0.6 is 11.6 Å². The molecule has 4 aromatic rings. The number of nitrogens with zero attached hydrogens (tertiary/aromatic N) is 2. The van der Waals surface area contributed by atoms with Gasteiger partial charge >= 0.3 is 0 Å². The fraction of sp³-hybridized carbons (Fsp3) is 0.0909. The number of benzene rings is 3. The second-order valence-electron chi connectivity index (χ2n) is 6.76. The maximum atomic E-state index is 14.1. The van der Waals surface area contributed by atoms with Crippen LogP contribution in [0.25, 0.3) is 10.9 Å². The summed E-state index contributed by atoms with van der Waals surface area (Å²) in [7, 11) is -2.56. The van der Waals surface area contributed by atoms with Gasteiger partial charge in [-0.05, 0) is 35.9 Å². The number of fused-ring (bicyclic) bond motifs is 1. The minimum atomic E-state index is -4.01. The molecule has 4 rings (SSSR count). The number of hydrogen-bond acceptors (Lipinski definition) is 5. The number of ether oxygens (including phenoxy) is 1. The van der Waals surface area contributed by atoms with Crippen LogP contribution in [-0.2, 0) is 16.4 Å². The van der Waals surface area contributed by atoms with E-state index in [1.165, 1.54) is 37.6 Å². The maximum absolute atomic E-state index is 14.1. The molecule has 0 aliphatic carbocycles. The molecule has 0 spiro atoms. The topological polar surface area (TPSA) is 78.3 Å². The normalized spacial score (nSPS) is 11.6. The van der Waals surface area contributed by atoms with Crippen LogP contribution in [0.5, 0.6) is 5.75 Å². The van der Waals surface area contributed by atoms with E-state index >= 15 is 0 Å². The second-order valence-corrected chi connectivity index (χ2v) is 8.94. The SMILES string of the molecule is COc1cccc(S(=O)(=O)n2ncc3ccc(CC(=O)c4c(F)cccc4Cl)cc32)c1. The molecule has 0 atom stereocenters. The summed E-state index contributed by atoms with van der Waals surface area (Å²) >= 11 is 5.98. The molecule has 0 amide bonds. The quantitative estimate of drug-likeness (QED) is 0.397. The number of aromatic nitrogens is 2. The molecule has 0 bridgehead atoms. The summed E-state index contributed by atoms with van der Waals surface area (Å²) < 4.78 is 46.3. The molecule has 0 fully saturated rings. The molecular weight excluding hydrogens is 443 g/mol. The van der Waals surface area contributed by atoms with Crippen molar-refractivity contribution in [3.05, 3.63) is 88.8 Å². The lowest BCUT2D eigenvalue weighted by Crippen LogP contribution is -2.14. The van der Waals surface area contributed by atoms with Gasteiger partial charge < -0.3 is 4.74 Å². The van der Waals surface area contributed by atoms with E-state index in [0.29, 0.717) is 22.2 Å². The number of Topliss-reactive ketones (excluding diaryl/α,β-unsaturated/α-hetero) is 1. The van der Waals surface area contributed by atoms with Crippen molar-refractivity contribution in [3.63, 3.8) is 0 Å². The number of methoxy groups -OCH3 is 1. The van der Waals surface area contributed by atoms with Crippen LogP contribution in [-0.4, -0.2) is 30.5 Å². The summed E-state index contributed by atoms with van der Waals surface area (Å²) in [5.74, 6) is -0.820. The molecule has 1 heterocycles.